The van der Waals surface area contributed by atoms with Crippen molar-refractivity contribution in [3.8, 4) is 11.5 Å². The number of amides is 1. The molecule has 0 atom stereocenters. The Bertz CT molecular complexity index is 599. The van der Waals surface area contributed by atoms with Crippen LogP contribution in [0.2, 0.25) is 0 Å². The molecule has 0 radical (unpaired) electrons. The lowest BCUT2D eigenvalue weighted by molar-refractivity contribution is -0.150. The third-order valence-corrected chi connectivity index (χ3v) is 3.39. The van der Waals surface area contributed by atoms with Crippen LogP contribution in [-0.4, -0.2) is 51.0 Å². The first-order chi connectivity index (χ1) is 11.4. The van der Waals surface area contributed by atoms with Crippen LogP contribution in [0.4, 0.5) is 0 Å². The summed E-state index contributed by atoms with van der Waals surface area (Å²) in [7, 11) is 1.54. The minimum absolute atomic E-state index is 0.286. The minimum Gasteiger partial charge on any atom is -0.483 e. The highest BCUT2D eigenvalue weighted by atomic mass is 16.6. The van der Waals surface area contributed by atoms with Gasteiger partial charge < -0.3 is 24.3 Å². The van der Waals surface area contributed by atoms with Crippen molar-refractivity contribution in [2.45, 2.75) is 25.9 Å². The summed E-state index contributed by atoms with van der Waals surface area (Å²) in [5.41, 5.74) is 0.756. The van der Waals surface area contributed by atoms with Crippen LogP contribution in [0, 0.1) is 0 Å². The van der Waals surface area contributed by atoms with Gasteiger partial charge in [-0.3, -0.25) is 4.79 Å². The molecule has 1 aromatic rings. The van der Waals surface area contributed by atoms with Crippen molar-refractivity contribution in [2.75, 3.05) is 33.5 Å². The first-order valence-electron chi connectivity index (χ1n) is 7.76. The van der Waals surface area contributed by atoms with Gasteiger partial charge in [0.1, 0.15) is 5.60 Å². The minimum atomic E-state index is -0.619. The van der Waals surface area contributed by atoms with Crippen LogP contribution in [0.1, 0.15) is 19.4 Å². The third kappa shape index (κ3) is 5.13. The second kappa shape index (κ2) is 8.01. The molecule has 7 heteroatoms. The summed E-state index contributed by atoms with van der Waals surface area (Å²) < 4.78 is 21.0. The number of esters is 1. The Kier molecular flexibility index (Phi) is 6.03. The zero-order valence-corrected chi connectivity index (χ0v) is 14.2. The molecule has 1 N–H and O–H groups in total. The van der Waals surface area contributed by atoms with Crippen molar-refractivity contribution >= 4 is 11.9 Å². The second-order valence-electron chi connectivity index (χ2n) is 6.08. The Morgan fingerprint density at radius 2 is 2.08 bits per heavy atom. The molecule has 1 aromatic carbocycles. The van der Waals surface area contributed by atoms with Crippen LogP contribution in [0.3, 0.4) is 0 Å². The molecule has 0 saturated carbocycles. The Hall–Kier alpha value is -2.28. The number of methoxy groups -OCH3 is 1. The quantitative estimate of drug-likeness (QED) is 0.565. The van der Waals surface area contributed by atoms with Crippen molar-refractivity contribution in [3.63, 3.8) is 0 Å². The van der Waals surface area contributed by atoms with Crippen LogP contribution < -0.4 is 14.8 Å². The lowest BCUT2D eigenvalue weighted by atomic mass is 10.0. The number of hydrogen-bond donors (Lipinski definition) is 1. The van der Waals surface area contributed by atoms with E-state index >= 15 is 0 Å². The molecule has 132 valence electrons. The number of rotatable bonds is 8. The summed E-state index contributed by atoms with van der Waals surface area (Å²) in [6.07, 6.45) is 0.783. The lowest BCUT2D eigenvalue weighted by Crippen LogP contribution is -2.32. The fraction of sp³-hybridized carbons (Fsp3) is 0.529. The molecule has 1 heterocycles. The number of nitrogens with one attached hydrogen (secondary N) is 1. The number of fused-ring (bicyclic) bond motifs is 1. The Morgan fingerprint density at radius 3 is 2.83 bits per heavy atom. The standard InChI is InChI=1S/C17H23NO6/c1-17(2)9-12-5-4-6-13(16(12)24-17)22-11-15(20)23-10-14(19)18-7-8-21-3/h4-6H,7-11H2,1-3H3,(H,18,19). The van der Waals surface area contributed by atoms with Crippen molar-refractivity contribution in [1.82, 2.24) is 5.32 Å². The van der Waals surface area contributed by atoms with E-state index in [1.54, 1.807) is 6.07 Å². The smallest absolute Gasteiger partial charge is 0.344 e. The summed E-state index contributed by atoms with van der Waals surface area (Å²) in [4.78, 5) is 23.1. The van der Waals surface area contributed by atoms with Crippen LogP contribution in [0.15, 0.2) is 18.2 Å². The molecule has 24 heavy (non-hydrogen) atoms. The van der Waals surface area contributed by atoms with Gasteiger partial charge in [-0.1, -0.05) is 12.1 Å². The highest BCUT2D eigenvalue weighted by Crippen LogP contribution is 2.41. The largest absolute Gasteiger partial charge is 0.483 e. The molecule has 1 aliphatic heterocycles. The summed E-state index contributed by atoms with van der Waals surface area (Å²) in [5.74, 6) is 0.157. The molecular formula is C17H23NO6. The molecular weight excluding hydrogens is 314 g/mol. The van der Waals surface area contributed by atoms with Gasteiger partial charge >= 0.3 is 5.97 Å². The van der Waals surface area contributed by atoms with Crippen LogP contribution in [-0.2, 0) is 25.5 Å². The number of carbonyl (C=O) groups is 2. The predicted molar refractivity (Wildman–Crippen MR) is 86.2 cm³/mol. The molecule has 0 saturated heterocycles. The van der Waals surface area contributed by atoms with Crippen LogP contribution >= 0.6 is 0 Å². The monoisotopic (exact) mass is 337 g/mol. The number of carbonyl (C=O) groups excluding carboxylic acids is 2. The zero-order chi connectivity index (χ0) is 17.6. The van der Waals surface area contributed by atoms with Crippen LogP contribution in [0.5, 0.6) is 11.5 Å². The predicted octanol–water partition coefficient (Wildman–Crippen LogP) is 1.08. The fourth-order valence-electron chi connectivity index (χ4n) is 2.37. The van der Waals surface area contributed by atoms with Gasteiger partial charge in [0.05, 0.1) is 6.61 Å². The maximum atomic E-state index is 11.7. The van der Waals surface area contributed by atoms with E-state index in [-0.39, 0.29) is 24.7 Å². The van der Waals surface area contributed by atoms with Gasteiger partial charge in [0.15, 0.2) is 24.7 Å². The van der Waals surface area contributed by atoms with Gasteiger partial charge in [0, 0.05) is 25.6 Å². The summed E-state index contributed by atoms with van der Waals surface area (Å²) in [5, 5.41) is 2.55. The first-order valence-corrected chi connectivity index (χ1v) is 7.76. The number of para-hydroxylation sites is 1. The van der Waals surface area contributed by atoms with Gasteiger partial charge in [0.25, 0.3) is 5.91 Å². The third-order valence-electron chi connectivity index (χ3n) is 3.39. The van der Waals surface area contributed by atoms with Gasteiger partial charge in [-0.2, -0.15) is 0 Å². The molecule has 0 aromatic heterocycles. The van der Waals surface area contributed by atoms with Gasteiger partial charge in [-0.25, -0.2) is 4.79 Å². The van der Waals surface area contributed by atoms with E-state index in [0.717, 1.165) is 12.0 Å². The number of hydrogen-bond acceptors (Lipinski definition) is 6. The van der Waals surface area contributed by atoms with Gasteiger partial charge in [-0.15, -0.1) is 0 Å². The van der Waals surface area contributed by atoms with E-state index in [1.807, 2.05) is 26.0 Å². The molecule has 7 nitrogen and oxygen atoms in total. The van der Waals surface area contributed by atoms with E-state index in [9.17, 15) is 9.59 Å². The maximum absolute atomic E-state index is 11.7. The number of benzene rings is 1. The zero-order valence-electron chi connectivity index (χ0n) is 14.2. The molecule has 0 bridgehead atoms. The van der Waals surface area contributed by atoms with E-state index < -0.39 is 5.97 Å². The highest BCUT2D eigenvalue weighted by Gasteiger charge is 2.32. The van der Waals surface area contributed by atoms with Crippen molar-refractivity contribution in [2.24, 2.45) is 0 Å². The molecule has 2 rings (SSSR count). The van der Waals surface area contributed by atoms with E-state index in [0.29, 0.717) is 24.7 Å². The Balaban J connectivity index is 1.77. The Morgan fingerprint density at radius 1 is 1.29 bits per heavy atom. The molecule has 1 amide bonds. The molecule has 1 aliphatic rings. The summed E-state index contributed by atoms with van der Waals surface area (Å²) >= 11 is 0. The second-order valence-corrected chi connectivity index (χ2v) is 6.08. The molecule has 0 aliphatic carbocycles. The summed E-state index contributed by atoms with van der Waals surface area (Å²) in [6, 6.07) is 5.57. The lowest BCUT2D eigenvalue weighted by Gasteiger charge is -2.18. The highest BCUT2D eigenvalue weighted by molar-refractivity contribution is 5.80. The van der Waals surface area contributed by atoms with Crippen molar-refractivity contribution in [3.05, 3.63) is 23.8 Å². The topological polar surface area (TPSA) is 83.1 Å². The molecule has 0 fully saturated rings. The maximum Gasteiger partial charge on any atom is 0.344 e. The molecule has 0 spiro atoms. The van der Waals surface area contributed by atoms with Crippen molar-refractivity contribution < 1.29 is 28.5 Å². The Labute approximate surface area is 141 Å². The molecule has 0 unspecified atom stereocenters. The summed E-state index contributed by atoms with van der Waals surface area (Å²) in [6.45, 7) is 4.12. The SMILES string of the molecule is COCCNC(=O)COC(=O)COc1cccc2c1OC(C)(C)C2. The first kappa shape index (κ1) is 18.1. The average molecular weight is 337 g/mol. The average Bonchev–Trinajstić information content (AvgIpc) is 2.85. The van der Waals surface area contributed by atoms with Gasteiger partial charge in [0.2, 0.25) is 0 Å². The van der Waals surface area contributed by atoms with Crippen molar-refractivity contribution in [1.29, 1.82) is 0 Å². The van der Waals surface area contributed by atoms with E-state index in [2.05, 4.69) is 5.32 Å². The van der Waals surface area contributed by atoms with Gasteiger partial charge in [-0.05, 0) is 19.9 Å². The number of ether oxygens (including phenoxy) is 4. The van der Waals surface area contributed by atoms with Crippen LogP contribution in [0.25, 0.3) is 0 Å². The fourth-order valence-corrected chi connectivity index (χ4v) is 2.37. The van der Waals surface area contributed by atoms with E-state index in [1.165, 1.54) is 7.11 Å². The normalized spacial score (nSPS) is 14.5. The van der Waals surface area contributed by atoms with E-state index in [4.69, 9.17) is 18.9 Å².